The van der Waals surface area contributed by atoms with E-state index in [4.69, 9.17) is 19.2 Å². The Morgan fingerprint density at radius 1 is 1.25 bits per heavy atom. The number of benzene rings is 1. The van der Waals surface area contributed by atoms with E-state index >= 15 is 0 Å². The number of thiazole rings is 1. The third-order valence-electron chi connectivity index (χ3n) is 5.15. The number of thiophene rings is 1. The summed E-state index contributed by atoms with van der Waals surface area (Å²) in [5, 5.41) is 18.8. The van der Waals surface area contributed by atoms with Crippen LogP contribution in [0.2, 0.25) is 0 Å². The molecule has 1 aliphatic rings. The highest BCUT2D eigenvalue weighted by Crippen LogP contribution is 2.42. The van der Waals surface area contributed by atoms with Crippen molar-refractivity contribution in [2.45, 2.75) is 18.9 Å². The van der Waals surface area contributed by atoms with E-state index in [2.05, 4.69) is 0 Å². The number of nitrogens with zero attached hydrogens (tertiary/aromatic N) is 3. The first-order chi connectivity index (χ1) is 15.6. The summed E-state index contributed by atoms with van der Waals surface area (Å²) in [6, 6.07) is 15.3. The molecule has 4 heterocycles. The lowest BCUT2D eigenvalue weighted by Crippen LogP contribution is -2.17. The number of carbonyl (C=O) groups is 1. The molecule has 162 valence electrons. The maximum Gasteiger partial charge on any atom is 0.308 e. The Hall–Kier alpha value is -3.43. The first kappa shape index (κ1) is 20.5. The van der Waals surface area contributed by atoms with Gasteiger partial charge in [-0.3, -0.25) is 4.79 Å². The molecule has 1 unspecified atom stereocenters. The first-order valence-corrected chi connectivity index (χ1v) is 11.6. The van der Waals surface area contributed by atoms with E-state index in [-0.39, 0.29) is 12.5 Å². The molecule has 0 aliphatic carbocycles. The Balaban J connectivity index is 1.56. The van der Waals surface area contributed by atoms with Crippen LogP contribution in [0.4, 0.5) is 5.13 Å². The van der Waals surface area contributed by atoms with Crippen LogP contribution in [0.3, 0.4) is 0 Å². The van der Waals surface area contributed by atoms with Crippen molar-refractivity contribution in [3.05, 3.63) is 76.4 Å². The van der Waals surface area contributed by atoms with Crippen molar-refractivity contribution in [3.8, 4) is 16.3 Å². The molecule has 0 fully saturated rings. The largest absolute Gasteiger partial charge is 0.497 e. The Labute approximate surface area is 192 Å². The smallest absolute Gasteiger partial charge is 0.308 e. The van der Waals surface area contributed by atoms with Crippen LogP contribution in [0.5, 0.6) is 5.75 Å². The minimum absolute atomic E-state index is 0.0841. The standard InChI is InChI=1S/C23H19N3O4S2/c1-29-15-8-6-14(7-9-15)16-12-17(18-4-2-10-30-18)26(25-16)23-24-22(19-5-3-11-31-19)20(32-23)13-21(27)28/h2-11,17H,12-13H2,1H3,(H,27,28). The summed E-state index contributed by atoms with van der Waals surface area (Å²) in [7, 11) is 1.64. The summed E-state index contributed by atoms with van der Waals surface area (Å²) in [6.45, 7) is 0. The number of aromatic nitrogens is 1. The molecule has 0 radical (unpaired) electrons. The summed E-state index contributed by atoms with van der Waals surface area (Å²) in [5.74, 6) is 0.681. The van der Waals surface area contributed by atoms with Crippen molar-refractivity contribution in [2.75, 3.05) is 12.1 Å². The molecule has 1 N–H and O–H groups in total. The Bertz CT molecular complexity index is 1250. The van der Waals surface area contributed by atoms with Gasteiger partial charge in [-0.1, -0.05) is 17.4 Å². The fraction of sp³-hybridized carbons (Fsp3) is 0.174. The summed E-state index contributed by atoms with van der Waals surface area (Å²) >= 11 is 2.90. The van der Waals surface area contributed by atoms with Gasteiger partial charge in [0, 0.05) is 11.3 Å². The van der Waals surface area contributed by atoms with Crippen molar-refractivity contribution in [1.29, 1.82) is 0 Å². The molecular formula is C23H19N3O4S2. The fourth-order valence-corrected chi connectivity index (χ4v) is 5.52. The third kappa shape index (κ3) is 3.92. The van der Waals surface area contributed by atoms with Crippen molar-refractivity contribution in [1.82, 2.24) is 4.98 Å². The number of hydrogen-bond donors (Lipinski definition) is 1. The first-order valence-electron chi connectivity index (χ1n) is 9.92. The van der Waals surface area contributed by atoms with Crippen molar-refractivity contribution in [3.63, 3.8) is 0 Å². The second-order valence-electron chi connectivity index (χ2n) is 7.17. The maximum atomic E-state index is 11.5. The predicted octanol–water partition coefficient (Wildman–Crippen LogP) is 5.46. The van der Waals surface area contributed by atoms with Crippen LogP contribution in [-0.2, 0) is 11.2 Å². The lowest BCUT2D eigenvalue weighted by molar-refractivity contribution is -0.136. The molecule has 4 aromatic rings. The number of rotatable bonds is 7. The summed E-state index contributed by atoms with van der Waals surface area (Å²) in [4.78, 5) is 18.0. The van der Waals surface area contributed by atoms with Gasteiger partial charge in [0.15, 0.2) is 0 Å². The van der Waals surface area contributed by atoms with Gasteiger partial charge in [0.05, 0.1) is 36.1 Å². The molecule has 32 heavy (non-hydrogen) atoms. The van der Waals surface area contributed by atoms with Crippen LogP contribution in [0, 0.1) is 0 Å². The van der Waals surface area contributed by atoms with E-state index in [1.807, 2.05) is 58.9 Å². The Kier molecular flexibility index (Phi) is 5.50. The molecule has 0 saturated carbocycles. The van der Waals surface area contributed by atoms with Crippen LogP contribution in [0.15, 0.2) is 69.7 Å². The minimum atomic E-state index is -0.885. The average molecular weight is 466 g/mol. The van der Waals surface area contributed by atoms with Crippen LogP contribution < -0.4 is 9.75 Å². The van der Waals surface area contributed by atoms with Gasteiger partial charge in [-0.15, -0.1) is 11.3 Å². The Morgan fingerprint density at radius 2 is 2.09 bits per heavy atom. The average Bonchev–Trinajstić information content (AvgIpc) is 3.59. The number of furan rings is 1. The summed E-state index contributed by atoms with van der Waals surface area (Å²) in [6.07, 6.45) is 2.20. The molecule has 1 aliphatic heterocycles. The van der Waals surface area contributed by atoms with E-state index in [1.165, 1.54) is 22.7 Å². The lowest BCUT2D eigenvalue weighted by Gasteiger charge is -2.18. The zero-order valence-corrected chi connectivity index (χ0v) is 18.7. The van der Waals surface area contributed by atoms with Gasteiger partial charge in [0.1, 0.15) is 17.6 Å². The highest BCUT2D eigenvalue weighted by atomic mass is 32.1. The van der Waals surface area contributed by atoms with Gasteiger partial charge >= 0.3 is 5.97 Å². The molecule has 1 aromatic carbocycles. The highest BCUT2D eigenvalue weighted by molar-refractivity contribution is 7.17. The Morgan fingerprint density at radius 3 is 2.75 bits per heavy atom. The summed E-state index contributed by atoms with van der Waals surface area (Å²) in [5.41, 5.74) is 2.60. The van der Waals surface area contributed by atoms with Gasteiger partial charge in [-0.2, -0.15) is 5.10 Å². The maximum absolute atomic E-state index is 11.5. The number of aliphatic carboxylic acids is 1. The van der Waals surface area contributed by atoms with Crippen LogP contribution in [0.25, 0.3) is 10.6 Å². The molecule has 5 rings (SSSR count). The van der Waals surface area contributed by atoms with Crippen LogP contribution in [-0.4, -0.2) is 28.9 Å². The zero-order chi connectivity index (χ0) is 22.1. The van der Waals surface area contributed by atoms with Gasteiger partial charge in [-0.25, -0.2) is 9.99 Å². The van der Waals surface area contributed by atoms with Gasteiger partial charge < -0.3 is 14.3 Å². The van der Waals surface area contributed by atoms with E-state index < -0.39 is 5.97 Å². The van der Waals surface area contributed by atoms with Crippen molar-refractivity contribution >= 4 is 39.5 Å². The fourth-order valence-electron chi connectivity index (χ4n) is 3.65. The number of carboxylic acids is 1. The SMILES string of the molecule is COc1ccc(C2=NN(c3nc(-c4cccs4)c(CC(=O)O)s3)C(c3ccco3)C2)cc1. The number of hydrogen-bond acceptors (Lipinski definition) is 8. The quantitative estimate of drug-likeness (QED) is 0.390. The molecule has 1 atom stereocenters. The number of ether oxygens (including phenoxy) is 1. The van der Waals surface area contributed by atoms with E-state index in [1.54, 1.807) is 13.4 Å². The van der Waals surface area contributed by atoms with Crippen molar-refractivity contribution < 1.29 is 19.1 Å². The monoisotopic (exact) mass is 465 g/mol. The molecule has 0 saturated heterocycles. The normalized spacial score (nSPS) is 15.7. The minimum Gasteiger partial charge on any atom is -0.497 e. The highest BCUT2D eigenvalue weighted by Gasteiger charge is 2.34. The second-order valence-corrected chi connectivity index (χ2v) is 9.18. The molecule has 0 amide bonds. The van der Waals surface area contributed by atoms with Gasteiger partial charge in [0.25, 0.3) is 0 Å². The predicted molar refractivity (Wildman–Crippen MR) is 125 cm³/mol. The second kappa shape index (κ2) is 8.60. The molecule has 0 spiro atoms. The van der Waals surface area contributed by atoms with Gasteiger partial charge in [0.2, 0.25) is 5.13 Å². The van der Waals surface area contributed by atoms with Crippen molar-refractivity contribution in [2.24, 2.45) is 5.10 Å². The molecule has 9 heteroatoms. The van der Waals surface area contributed by atoms with Gasteiger partial charge in [-0.05, 0) is 53.4 Å². The van der Waals surface area contributed by atoms with E-state index in [0.717, 1.165) is 27.7 Å². The topological polar surface area (TPSA) is 88.2 Å². The molecule has 7 nitrogen and oxygen atoms in total. The number of anilines is 1. The molecule has 0 bridgehead atoms. The number of methoxy groups -OCH3 is 1. The van der Waals surface area contributed by atoms with Crippen LogP contribution in [0.1, 0.15) is 28.7 Å². The van der Waals surface area contributed by atoms with E-state index in [0.29, 0.717) is 22.1 Å². The number of hydrazone groups is 1. The lowest BCUT2D eigenvalue weighted by atomic mass is 10.0. The molecular weight excluding hydrogens is 446 g/mol. The zero-order valence-electron chi connectivity index (χ0n) is 17.1. The van der Waals surface area contributed by atoms with Crippen LogP contribution >= 0.6 is 22.7 Å². The summed E-state index contributed by atoms with van der Waals surface area (Å²) < 4.78 is 11.0. The molecule has 3 aromatic heterocycles. The third-order valence-corrected chi connectivity index (χ3v) is 7.08. The van der Waals surface area contributed by atoms with E-state index in [9.17, 15) is 9.90 Å². The number of carboxylic acid groups (broad SMARTS) is 1.